The molecule has 2 rings (SSSR count). The highest BCUT2D eigenvalue weighted by Gasteiger charge is 2.25. The van der Waals surface area contributed by atoms with E-state index in [0.717, 1.165) is 5.56 Å². The minimum Gasteiger partial charge on any atom is -0.478 e. The van der Waals surface area contributed by atoms with E-state index in [1.165, 1.54) is 12.1 Å². The lowest BCUT2D eigenvalue weighted by Gasteiger charge is -2.26. The first kappa shape index (κ1) is 14.5. The van der Waals surface area contributed by atoms with Crippen molar-refractivity contribution in [3.8, 4) is 0 Å². The van der Waals surface area contributed by atoms with Crippen molar-refractivity contribution in [2.45, 2.75) is 12.6 Å². The van der Waals surface area contributed by atoms with Crippen molar-refractivity contribution in [2.24, 2.45) is 0 Å². The van der Waals surface area contributed by atoms with Crippen molar-refractivity contribution in [3.05, 3.63) is 35.4 Å². The molecule has 6 nitrogen and oxygen atoms in total. The number of aromatic carboxylic acids is 1. The van der Waals surface area contributed by atoms with E-state index in [9.17, 15) is 9.59 Å². The van der Waals surface area contributed by atoms with Gasteiger partial charge in [-0.3, -0.25) is 4.79 Å². The molecule has 1 aromatic carbocycles. The van der Waals surface area contributed by atoms with Crippen molar-refractivity contribution >= 4 is 11.9 Å². The van der Waals surface area contributed by atoms with Crippen molar-refractivity contribution in [1.82, 2.24) is 4.90 Å². The van der Waals surface area contributed by atoms with Crippen LogP contribution in [0.25, 0.3) is 0 Å². The summed E-state index contributed by atoms with van der Waals surface area (Å²) in [6.45, 7) is 1.63. The number of carbonyl (C=O) groups is 2. The number of benzene rings is 1. The van der Waals surface area contributed by atoms with Crippen molar-refractivity contribution in [2.75, 3.05) is 26.9 Å². The van der Waals surface area contributed by atoms with Gasteiger partial charge in [0, 0.05) is 13.6 Å². The van der Waals surface area contributed by atoms with Gasteiger partial charge in [-0.1, -0.05) is 12.1 Å². The Bertz CT molecular complexity index is 479. The molecule has 0 aromatic heterocycles. The van der Waals surface area contributed by atoms with Crippen LogP contribution >= 0.6 is 0 Å². The van der Waals surface area contributed by atoms with E-state index in [1.807, 2.05) is 0 Å². The molecule has 1 heterocycles. The Morgan fingerprint density at radius 1 is 1.30 bits per heavy atom. The number of ether oxygens (including phenoxy) is 2. The third-order valence-corrected chi connectivity index (χ3v) is 3.09. The van der Waals surface area contributed by atoms with Crippen LogP contribution in [-0.2, 0) is 20.8 Å². The summed E-state index contributed by atoms with van der Waals surface area (Å²) in [6, 6.07) is 6.45. The van der Waals surface area contributed by atoms with E-state index in [2.05, 4.69) is 0 Å². The number of hydrogen-bond donors (Lipinski definition) is 1. The second-order valence-electron chi connectivity index (χ2n) is 4.63. The lowest BCUT2D eigenvalue weighted by atomic mass is 10.1. The first-order valence-corrected chi connectivity index (χ1v) is 6.34. The molecule has 1 saturated heterocycles. The Labute approximate surface area is 116 Å². The molecular weight excluding hydrogens is 262 g/mol. The van der Waals surface area contributed by atoms with E-state index in [0.29, 0.717) is 19.8 Å². The highest BCUT2D eigenvalue weighted by Crippen LogP contribution is 2.10. The molecule has 0 aliphatic carbocycles. The third-order valence-electron chi connectivity index (χ3n) is 3.09. The van der Waals surface area contributed by atoms with Gasteiger partial charge in [0.25, 0.3) is 5.91 Å². The zero-order valence-corrected chi connectivity index (χ0v) is 11.2. The predicted octanol–water partition coefficient (Wildman–Crippen LogP) is 0.759. The molecule has 1 amide bonds. The molecule has 1 aliphatic rings. The van der Waals surface area contributed by atoms with Crippen LogP contribution in [-0.4, -0.2) is 54.9 Å². The number of carboxylic acids is 1. The van der Waals surface area contributed by atoms with Crippen LogP contribution in [0.4, 0.5) is 0 Å². The summed E-state index contributed by atoms with van der Waals surface area (Å²) in [6.07, 6.45) is -0.549. The molecular formula is C14H17NO5. The highest BCUT2D eigenvalue weighted by molar-refractivity contribution is 5.87. The molecule has 1 atom stereocenters. The van der Waals surface area contributed by atoms with E-state index in [4.69, 9.17) is 14.6 Å². The lowest BCUT2D eigenvalue weighted by molar-refractivity contribution is -0.157. The SMILES string of the molecule is CN(Cc1ccc(C(=O)O)cc1)C(=O)[C@H]1COCCO1. The fraction of sp³-hybridized carbons (Fsp3) is 0.429. The number of likely N-dealkylation sites (N-methyl/N-ethyl adjacent to an activating group) is 1. The fourth-order valence-electron chi connectivity index (χ4n) is 1.98. The van der Waals surface area contributed by atoms with Crippen LogP contribution in [0.5, 0.6) is 0 Å². The molecule has 1 aromatic rings. The van der Waals surface area contributed by atoms with E-state index < -0.39 is 12.1 Å². The quantitative estimate of drug-likeness (QED) is 0.880. The van der Waals surface area contributed by atoms with Crippen molar-refractivity contribution < 1.29 is 24.2 Å². The van der Waals surface area contributed by atoms with Crippen molar-refractivity contribution in [3.63, 3.8) is 0 Å². The van der Waals surface area contributed by atoms with E-state index in [1.54, 1.807) is 24.1 Å². The Balaban J connectivity index is 1.94. The Morgan fingerprint density at radius 2 is 2.00 bits per heavy atom. The highest BCUT2D eigenvalue weighted by atomic mass is 16.6. The topological polar surface area (TPSA) is 76.1 Å². The molecule has 0 radical (unpaired) electrons. The van der Waals surface area contributed by atoms with Gasteiger partial charge in [0.15, 0.2) is 6.10 Å². The first-order chi connectivity index (χ1) is 9.58. The minimum atomic E-state index is -0.964. The van der Waals surface area contributed by atoms with Crippen LogP contribution in [0.2, 0.25) is 0 Å². The minimum absolute atomic E-state index is 0.132. The maximum absolute atomic E-state index is 12.1. The molecule has 0 bridgehead atoms. The van der Waals surface area contributed by atoms with E-state index in [-0.39, 0.29) is 18.1 Å². The number of nitrogens with zero attached hydrogens (tertiary/aromatic N) is 1. The van der Waals surface area contributed by atoms with Gasteiger partial charge in [0.2, 0.25) is 0 Å². The van der Waals surface area contributed by atoms with Crippen molar-refractivity contribution in [1.29, 1.82) is 0 Å². The zero-order valence-electron chi connectivity index (χ0n) is 11.2. The summed E-state index contributed by atoms with van der Waals surface area (Å²) in [7, 11) is 1.69. The maximum atomic E-state index is 12.1. The van der Waals surface area contributed by atoms with Gasteiger partial charge < -0.3 is 19.5 Å². The molecule has 108 valence electrons. The molecule has 6 heteroatoms. The van der Waals surface area contributed by atoms with Crippen LogP contribution in [0.3, 0.4) is 0 Å². The predicted molar refractivity (Wildman–Crippen MR) is 70.4 cm³/mol. The first-order valence-electron chi connectivity index (χ1n) is 6.34. The van der Waals surface area contributed by atoms with Crippen LogP contribution in [0.15, 0.2) is 24.3 Å². The van der Waals surface area contributed by atoms with Gasteiger partial charge in [-0.2, -0.15) is 0 Å². The molecule has 0 unspecified atom stereocenters. The van der Waals surface area contributed by atoms with Crippen LogP contribution in [0.1, 0.15) is 15.9 Å². The summed E-state index contributed by atoms with van der Waals surface area (Å²) in [5.41, 5.74) is 1.09. The normalized spacial score (nSPS) is 18.6. The van der Waals surface area contributed by atoms with Gasteiger partial charge in [-0.15, -0.1) is 0 Å². The van der Waals surface area contributed by atoms with Gasteiger partial charge in [-0.25, -0.2) is 4.79 Å². The third kappa shape index (κ3) is 3.55. The van der Waals surface area contributed by atoms with E-state index >= 15 is 0 Å². The summed E-state index contributed by atoms with van der Waals surface area (Å²) in [5, 5.41) is 8.82. The number of carboxylic acid groups (broad SMARTS) is 1. The van der Waals surface area contributed by atoms with Gasteiger partial charge in [0.05, 0.1) is 25.4 Å². The lowest BCUT2D eigenvalue weighted by Crippen LogP contribution is -2.43. The Kier molecular flexibility index (Phi) is 4.70. The Hall–Kier alpha value is -1.92. The summed E-state index contributed by atoms with van der Waals surface area (Å²) >= 11 is 0. The standard InChI is InChI=1S/C14H17NO5/c1-15(13(16)12-9-19-6-7-20-12)8-10-2-4-11(5-3-10)14(17)18/h2-5,12H,6-9H2,1H3,(H,17,18)/t12-/m1/s1. The summed E-state index contributed by atoms with van der Waals surface area (Å²) < 4.78 is 10.6. The average molecular weight is 279 g/mol. The summed E-state index contributed by atoms with van der Waals surface area (Å²) in [5.74, 6) is -1.10. The maximum Gasteiger partial charge on any atom is 0.335 e. The number of amides is 1. The molecule has 0 spiro atoms. The molecule has 1 aliphatic heterocycles. The second kappa shape index (κ2) is 6.49. The fourth-order valence-corrected chi connectivity index (χ4v) is 1.98. The number of hydrogen-bond acceptors (Lipinski definition) is 4. The molecule has 1 fully saturated rings. The number of carbonyl (C=O) groups excluding carboxylic acids is 1. The zero-order chi connectivity index (χ0) is 14.5. The summed E-state index contributed by atoms with van der Waals surface area (Å²) in [4.78, 5) is 24.4. The van der Waals surface area contributed by atoms with Crippen LogP contribution in [0, 0.1) is 0 Å². The smallest absolute Gasteiger partial charge is 0.335 e. The van der Waals surface area contributed by atoms with Gasteiger partial charge in [0.1, 0.15) is 0 Å². The van der Waals surface area contributed by atoms with Gasteiger partial charge >= 0.3 is 5.97 Å². The molecule has 1 N–H and O–H groups in total. The monoisotopic (exact) mass is 279 g/mol. The molecule has 0 saturated carbocycles. The second-order valence-corrected chi connectivity index (χ2v) is 4.63. The molecule has 20 heavy (non-hydrogen) atoms. The average Bonchev–Trinajstić information content (AvgIpc) is 2.48. The largest absolute Gasteiger partial charge is 0.478 e. The Morgan fingerprint density at radius 3 is 2.55 bits per heavy atom. The number of rotatable bonds is 4. The van der Waals surface area contributed by atoms with Gasteiger partial charge in [-0.05, 0) is 17.7 Å². The van der Waals surface area contributed by atoms with Crippen LogP contribution < -0.4 is 0 Å².